The molecule has 3 aromatic rings. The molecule has 0 saturated carbocycles. The van der Waals surface area contributed by atoms with Crippen LogP contribution in [0, 0.1) is 17.5 Å². The Bertz CT molecular complexity index is 782. The lowest BCUT2D eigenvalue weighted by Gasteiger charge is -2.10. The fraction of sp³-hybridized carbons (Fsp3) is 0.0667. The second kappa shape index (κ2) is 4.92. The van der Waals surface area contributed by atoms with E-state index in [0.29, 0.717) is 4.88 Å². The Kier molecular flexibility index (Phi) is 3.23. The van der Waals surface area contributed by atoms with Crippen molar-refractivity contribution in [1.82, 2.24) is 0 Å². The Balaban J connectivity index is 2.05. The van der Waals surface area contributed by atoms with Crippen LogP contribution in [0.2, 0.25) is 0 Å². The zero-order valence-electron chi connectivity index (χ0n) is 10.2. The summed E-state index contributed by atoms with van der Waals surface area (Å²) in [4.78, 5) is 0.705. The highest BCUT2D eigenvalue weighted by molar-refractivity contribution is 7.19. The molecule has 0 aliphatic carbocycles. The van der Waals surface area contributed by atoms with Gasteiger partial charge in [0.2, 0.25) is 0 Å². The second-order valence-electron chi connectivity index (χ2n) is 4.47. The molecule has 102 valence electrons. The lowest BCUT2D eigenvalue weighted by molar-refractivity contribution is 0.566. The van der Waals surface area contributed by atoms with E-state index in [1.165, 1.54) is 35.6 Å². The molecular formula is C15H10F3NS. The number of benzene rings is 2. The normalized spacial score (nSPS) is 12.8. The molecule has 0 amide bonds. The zero-order valence-corrected chi connectivity index (χ0v) is 11.1. The fourth-order valence-corrected chi connectivity index (χ4v) is 3.20. The van der Waals surface area contributed by atoms with Crippen LogP contribution >= 0.6 is 11.3 Å². The summed E-state index contributed by atoms with van der Waals surface area (Å²) >= 11 is 1.30. The predicted octanol–water partition coefficient (Wildman–Crippen LogP) is 4.37. The predicted molar refractivity (Wildman–Crippen MR) is 74.2 cm³/mol. The molecule has 5 heteroatoms. The monoisotopic (exact) mass is 293 g/mol. The van der Waals surface area contributed by atoms with Gasteiger partial charge in [-0.2, -0.15) is 0 Å². The van der Waals surface area contributed by atoms with Crippen molar-refractivity contribution in [3.8, 4) is 0 Å². The average molecular weight is 293 g/mol. The number of hydrogen-bond acceptors (Lipinski definition) is 2. The minimum Gasteiger partial charge on any atom is -0.320 e. The number of fused-ring (bicyclic) bond motifs is 1. The van der Waals surface area contributed by atoms with Crippen molar-refractivity contribution in [2.75, 3.05) is 0 Å². The topological polar surface area (TPSA) is 26.0 Å². The van der Waals surface area contributed by atoms with Crippen molar-refractivity contribution < 1.29 is 13.2 Å². The molecule has 1 heterocycles. The van der Waals surface area contributed by atoms with Gasteiger partial charge in [-0.15, -0.1) is 11.3 Å². The van der Waals surface area contributed by atoms with E-state index < -0.39 is 17.7 Å². The minimum absolute atomic E-state index is 0.221. The highest BCUT2D eigenvalue weighted by atomic mass is 32.1. The highest BCUT2D eigenvalue weighted by Crippen LogP contribution is 2.33. The molecule has 1 atom stereocenters. The minimum atomic E-state index is -0.698. The summed E-state index contributed by atoms with van der Waals surface area (Å²) in [6, 6.07) is 8.84. The molecule has 0 aliphatic rings. The van der Waals surface area contributed by atoms with Gasteiger partial charge in [0.1, 0.15) is 17.5 Å². The van der Waals surface area contributed by atoms with Crippen molar-refractivity contribution in [2.45, 2.75) is 6.04 Å². The largest absolute Gasteiger partial charge is 0.320 e. The van der Waals surface area contributed by atoms with Gasteiger partial charge in [-0.1, -0.05) is 12.1 Å². The van der Waals surface area contributed by atoms with Crippen LogP contribution in [0.4, 0.5) is 13.2 Å². The van der Waals surface area contributed by atoms with Crippen molar-refractivity contribution in [3.63, 3.8) is 0 Å². The smallest absolute Gasteiger partial charge is 0.131 e. The molecule has 2 aromatic carbocycles. The van der Waals surface area contributed by atoms with Crippen LogP contribution in [0.1, 0.15) is 16.5 Å². The van der Waals surface area contributed by atoms with Crippen molar-refractivity contribution in [1.29, 1.82) is 0 Å². The average Bonchev–Trinajstić information content (AvgIpc) is 2.81. The van der Waals surface area contributed by atoms with Crippen LogP contribution in [0.25, 0.3) is 10.1 Å². The van der Waals surface area contributed by atoms with Gasteiger partial charge in [0.15, 0.2) is 0 Å². The number of halogens is 3. The van der Waals surface area contributed by atoms with E-state index >= 15 is 0 Å². The number of nitrogens with two attached hydrogens (primary N) is 1. The number of rotatable bonds is 2. The van der Waals surface area contributed by atoms with Crippen LogP contribution < -0.4 is 5.73 Å². The SMILES string of the molecule is NC(c1cc2ccc(F)cc2s1)c1ccc(F)cc1F. The maximum absolute atomic E-state index is 13.7. The molecule has 2 N–H and O–H groups in total. The molecule has 0 saturated heterocycles. The maximum Gasteiger partial charge on any atom is 0.131 e. The third kappa shape index (κ3) is 2.30. The van der Waals surface area contributed by atoms with E-state index in [-0.39, 0.29) is 11.4 Å². The van der Waals surface area contributed by atoms with Gasteiger partial charge in [-0.3, -0.25) is 0 Å². The molecule has 0 fully saturated rings. The summed E-state index contributed by atoms with van der Waals surface area (Å²) in [5.41, 5.74) is 6.24. The van der Waals surface area contributed by atoms with Gasteiger partial charge in [0.25, 0.3) is 0 Å². The summed E-state index contributed by atoms with van der Waals surface area (Å²) in [7, 11) is 0. The summed E-state index contributed by atoms with van der Waals surface area (Å²) in [5, 5.41) is 0.851. The third-order valence-corrected chi connectivity index (χ3v) is 4.29. The lowest BCUT2D eigenvalue weighted by atomic mass is 10.1. The summed E-state index contributed by atoms with van der Waals surface area (Å²) in [5.74, 6) is -1.65. The van der Waals surface area contributed by atoms with Crippen molar-refractivity contribution in [2.24, 2.45) is 5.73 Å². The summed E-state index contributed by atoms with van der Waals surface area (Å²) < 4.78 is 40.5. The molecule has 0 spiro atoms. The van der Waals surface area contributed by atoms with Crippen LogP contribution in [0.15, 0.2) is 42.5 Å². The zero-order chi connectivity index (χ0) is 14.3. The third-order valence-electron chi connectivity index (χ3n) is 3.11. The second-order valence-corrected chi connectivity index (χ2v) is 5.59. The van der Waals surface area contributed by atoms with Crippen molar-refractivity contribution in [3.05, 3.63) is 70.4 Å². The van der Waals surface area contributed by atoms with Gasteiger partial charge in [0, 0.05) is 21.2 Å². The molecular weight excluding hydrogens is 283 g/mol. The standard InChI is InChI=1S/C15H10F3NS/c16-9-3-4-11(12(18)6-9)15(19)14-5-8-1-2-10(17)7-13(8)20-14/h1-7,15H,19H2. The first-order chi connectivity index (χ1) is 9.54. The first-order valence-electron chi connectivity index (χ1n) is 5.94. The number of hydrogen-bond donors (Lipinski definition) is 1. The molecule has 0 radical (unpaired) electrons. The molecule has 1 nitrogen and oxygen atoms in total. The van der Waals surface area contributed by atoms with Crippen LogP contribution in [-0.2, 0) is 0 Å². The Morgan fingerprint density at radius 3 is 2.35 bits per heavy atom. The van der Waals surface area contributed by atoms with Crippen molar-refractivity contribution >= 4 is 21.4 Å². The Labute approximate surface area is 117 Å². The van der Waals surface area contributed by atoms with Gasteiger partial charge in [-0.25, -0.2) is 13.2 Å². The molecule has 1 unspecified atom stereocenters. The highest BCUT2D eigenvalue weighted by Gasteiger charge is 2.16. The van der Waals surface area contributed by atoms with Crippen LogP contribution in [0.3, 0.4) is 0 Å². The van der Waals surface area contributed by atoms with Gasteiger partial charge < -0.3 is 5.73 Å². The van der Waals surface area contributed by atoms with E-state index in [1.54, 1.807) is 12.1 Å². The Morgan fingerprint density at radius 2 is 1.60 bits per heavy atom. The van der Waals surface area contributed by atoms with Crippen LogP contribution in [-0.4, -0.2) is 0 Å². The first kappa shape index (κ1) is 13.1. The summed E-state index contributed by atoms with van der Waals surface area (Å²) in [6.07, 6.45) is 0. The van der Waals surface area contributed by atoms with E-state index in [1.807, 2.05) is 0 Å². The molecule has 20 heavy (non-hydrogen) atoms. The van der Waals surface area contributed by atoms with E-state index in [4.69, 9.17) is 5.73 Å². The number of thiophene rings is 1. The van der Waals surface area contributed by atoms with E-state index in [0.717, 1.165) is 16.2 Å². The van der Waals surface area contributed by atoms with Gasteiger partial charge in [0.05, 0.1) is 6.04 Å². The molecule has 0 bridgehead atoms. The van der Waals surface area contributed by atoms with E-state index in [9.17, 15) is 13.2 Å². The first-order valence-corrected chi connectivity index (χ1v) is 6.76. The van der Waals surface area contributed by atoms with E-state index in [2.05, 4.69) is 0 Å². The van der Waals surface area contributed by atoms with Gasteiger partial charge >= 0.3 is 0 Å². The lowest BCUT2D eigenvalue weighted by Crippen LogP contribution is -2.12. The quantitative estimate of drug-likeness (QED) is 0.746. The summed E-state index contributed by atoms with van der Waals surface area (Å²) in [6.45, 7) is 0. The molecule has 0 aliphatic heterocycles. The van der Waals surface area contributed by atoms with Gasteiger partial charge in [-0.05, 0) is 29.7 Å². The fourth-order valence-electron chi connectivity index (χ4n) is 2.09. The Morgan fingerprint density at radius 1 is 0.900 bits per heavy atom. The Hall–Kier alpha value is -1.85. The maximum atomic E-state index is 13.7. The molecule has 3 rings (SSSR count). The van der Waals surface area contributed by atoms with Crippen LogP contribution in [0.5, 0.6) is 0 Å². The molecule has 1 aromatic heterocycles.